The molecule has 0 N–H and O–H groups in total. The van der Waals surface area contributed by atoms with Gasteiger partial charge in [-0.05, 0) is 68.5 Å². The van der Waals surface area contributed by atoms with E-state index >= 15 is 0 Å². The fourth-order valence-electron chi connectivity index (χ4n) is 3.95. The first-order valence-corrected chi connectivity index (χ1v) is 11.6. The lowest BCUT2D eigenvalue weighted by Crippen LogP contribution is -2.29. The van der Waals surface area contributed by atoms with Crippen molar-refractivity contribution in [3.05, 3.63) is 53.9 Å². The highest BCUT2D eigenvalue weighted by Gasteiger charge is 2.17. The van der Waals surface area contributed by atoms with E-state index in [0.29, 0.717) is 23.6 Å². The standard InChI is InChI=1S/C25H31N3O5/c1-30-25(29)19-12-13-26-22(17-19)23(27-33-24-7-3-6-16-31-24)18-32-21-10-8-20(9-11-21)28-14-4-2-5-15-28/h8-13,17,24H,2-7,14-16,18H2,1H3/b27-23+. The average molecular weight is 454 g/mol. The summed E-state index contributed by atoms with van der Waals surface area (Å²) in [5, 5.41) is 4.29. The molecule has 2 saturated heterocycles. The minimum Gasteiger partial charge on any atom is -0.487 e. The molecule has 1 atom stereocenters. The maximum Gasteiger partial charge on any atom is 0.337 e. The lowest BCUT2D eigenvalue weighted by Gasteiger charge is -2.28. The van der Waals surface area contributed by atoms with Gasteiger partial charge in [0, 0.05) is 31.4 Å². The zero-order valence-corrected chi connectivity index (χ0v) is 19.1. The van der Waals surface area contributed by atoms with Crippen LogP contribution in [0.15, 0.2) is 47.8 Å². The summed E-state index contributed by atoms with van der Waals surface area (Å²) in [5.41, 5.74) is 2.55. The topological polar surface area (TPSA) is 82.5 Å². The number of carbonyl (C=O) groups is 1. The molecule has 2 aliphatic rings. The van der Waals surface area contributed by atoms with Gasteiger partial charge in [-0.3, -0.25) is 4.98 Å². The van der Waals surface area contributed by atoms with Crippen LogP contribution < -0.4 is 9.64 Å². The number of methoxy groups -OCH3 is 1. The van der Waals surface area contributed by atoms with Crippen molar-refractivity contribution in [3.63, 3.8) is 0 Å². The summed E-state index contributed by atoms with van der Waals surface area (Å²) in [7, 11) is 1.34. The van der Waals surface area contributed by atoms with Crippen molar-refractivity contribution in [2.45, 2.75) is 44.8 Å². The summed E-state index contributed by atoms with van der Waals surface area (Å²) in [4.78, 5) is 24.4. The van der Waals surface area contributed by atoms with E-state index in [1.54, 1.807) is 18.3 Å². The molecule has 1 aromatic heterocycles. The summed E-state index contributed by atoms with van der Waals surface area (Å²) < 4.78 is 16.4. The van der Waals surface area contributed by atoms with Gasteiger partial charge in [-0.2, -0.15) is 0 Å². The van der Waals surface area contributed by atoms with Crippen LogP contribution in [0.4, 0.5) is 5.69 Å². The zero-order chi connectivity index (χ0) is 22.9. The fraction of sp³-hybridized carbons (Fsp3) is 0.480. The Morgan fingerprint density at radius 1 is 1.12 bits per heavy atom. The first-order chi connectivity index (χ1) is 16.2. The second kappa shape index (κ2) is 11.7. The number of hydrogen-bond acceptors (Lipinski definition) is 8. The molecular weight excluding hydrogens is 422 g/mol. The van der Waals surface area contributed by atoms with E-state index in [2.05, 4.69) is 27.2 Å². The number of nitrogens with zero attached hydrogens (tertiary/aromatic N) is 3. The van der Waals surface area contributed by atoms with Crippen LogP contribution in [0.5, 0.6) is 5.75 Å². The average Bonchev–Trinajstić information content (AvgIpc) is 2.90. The summed E-state index contributed by atoms with van der Waals surface area (Å²) in [6.07, 6.45) is 7.77. The minimum absolute atomic E-state index is 0.132. The maximum absolute atomic E-state index is 12.0. The van der Waals surface area contributed by atoms with Crippen LogP contribution in [0.25, 0.3) is 0 Å². The van der Waals surface area contributed by atoms with E-state index < -0.39 is 5.97 Å². The zero-order valence-electron chi connectivity index (χ0n) is 19.1. The highest BCUT2D eigenvalue weighted by Crippen LogP contribution is 2.23. The van der Waals surface area contributed by atoms with Gasteiger partial charge in [-0.25, -0.2) is 4.79 Å². The molecule has 1 aromatic carbocycles. The number of rotatable bonds is 8. The second-order valence-electron chi connectivity index (χ2n) is 8.19. The molecule has 33 heavy (non-hydrogen) atoms. The number of piperidine rings is 1. The molecule has 0 radical (unpaired) electrons. The molecular formula is C25H31N3O5. The number of hydrogen-bond donors (Lipinski definition) is 0. The smallest absolute Gasteiger partial charge is 0.337 e. The largest absolute Gasteiger partial charge is 0.487 e. The molecule has 8 heteroatoms. The fourth-order valence-corrected chi connectivity index (χ4v) is 3.95. The lowest BCUT2D eigenvalue weighted by atomic mass is 10.1. The molecule has 2 aliphatic heterocycles. The molecule has 0 amide bonds. The van der Waals surface area contributed by atoms with Crippen molar-refractivity contribution in [1.29, 1.82) is 0 Å². The molecule has 0 aliphatic carbocycles. The third-order valence-electron chi connectivity index (χ3n) is 5.83. The Hall–Kier alpha value is -3.13. The van der Waals surface area contributed by atoms with Crippen LogP contribution in [0.1, 0.15) is 54.6 Å². The Bertz CT molecular complexity index is 935. The summed E-state index contributed by atoms with van der Waals surface area (Å²) in [5.74, 6) is 0.283. The van der Waals surface area contributed by atoms with Crippen LogP contribution in [0.3, 0.4) is 0 Å². The first-order valence-electron chi connectivity index (χ1n) is 11.6. The Kier molecular flexibility index (Phi) is 8.14. The van der Waals surface area contributed by atoms with Crippen LogP contribution in [0.2, 0.25) is 0 Å². The number of carbonyl (C=O) groups excluding carboxylic acids is 1. The van der Waals surface area contributed by atoms with Crippen molar-refractivity contribution in [3.8, 4) is 5.75 Å². The third-order valence-corrected chi connectivity index (χ3v) is 5.83. The normalized spacial score (nSPS) is 19.1. The van der Waals surface area contributed by atoms with Crippen molar-refractivity contribution >= 4 is 17.4 Å². The quantitative estimate of drug-likeness (QED) is 0.337. The van der Waals surface area contributed by atoms with Crippen LogP contribution in [0, 0.1) is 0 Å². The number of ether oxygens (including phenoxy) is 3. The van der Waals surface area contributed by atoms with Gasteiger partial charge in [0.15, 0.2) is 0 Å². The van der Waals surface area contributed by atoms with Crippen LogP contribution in [-0.4, -0.2) is 56.4 Å². The van der Waals surface area contributed by atoms with E-state index in [9.17, 15) is 4.79 Å². The van der Waals surface area contributed by atoms with Crippen LogP contribution in [-0.2, 0) is 14.3 Å². The van der Waals surface area contributed by atoms with Crippen molar-refractivity contribution < 1.29 is 23.8 Å². The number of pyridine rings is 1. The van der Waals surface area contributed by atoms with E-state index in [4.69, 9.17) is 19.0 Å². The Morgan fingerprint density at radius 3 is 2.67 bits per heavy atom. The third kappa shape index (κ3) is 6.44. The van der Waals surface area contributed by atoms with Gasteiger partial charge < -0.3 is 23.9 Å². The van der Waals surface area contributed by atoms with Gasteiger partial charge in [-0.1, -0.05) is 5.16 Å². The summed E-state index contributed by atoms with van der Waals surface area (Å²) in [6.45, 7) is 2.98. The number of anilines is 1. The van der Waals surface area contributed by atoms with Gasteiger partial charge in [0.1, 0.15) is 18.1 Å². The van der Waals surface area contributed by atoms with Crippen molar-refractivity contribution in [2.75, 3.05) is 38.3 Å². The lowest BCUT2D eigenvalue weighted by molar-refractivity contribution is -0.162. The number of benzene rings is 1. The minimum atomic E-state index is -0.441. The number of aromatic nitrogens is 1. The predicted molar refractivity (Wildman–Crippen MR) is 125 cm³/mol. The molecule has 0 spiro atoms. The Balaban J connectivity index is 1.46. The summed E-state index contributed by atoms with van der Waals surface area (Å²) in [6, 6.07) is 11.3. The highest BCUT2D eigenvalue weighted by atomic mass is 16.8. The van der Waals surface area contributed by atoms with E-state index in [-0.39, 0.29) is 12.9 Å². The SMILES string of the molecule is COC(=O)c1ccnc(/C(COc2ccc(N3CCCCC3)cc2)=N/OC2CCCCO2)c1. The summed E-state index contributed by atoms with van der Waals surface area (Å²) >= 11 is 0. The highest BCUT2D eigenvalue weighted by molar-refractivity contribution is 6.01. The van der Waals surface area contributed by atoms with E-state index in [1.165, 1.54) is 32.1 Å². The maximum atomic E-state index is 12.0. The Morgan fingerprint density at radius 2 is 1.94 bits per heavy atom. The van der Waals surface area contributed by atoms with Crippen LogP contribution >= 0.6 is 0 Å². The molecule has 2 aromatic rings. The second-order valence-corrected chi connectivity index (χ2v) is 8.19. The van der Waals surface area contributed by atoms with Gasteiger partial charge in [0.25, 0.3) is 0 Å². The number of oxime groups is 1. The Labute approximate surface area is 194 Å². The van der Waals surface area contributed by atoms with Crippen molar-refractivity contribution in [1.82, 2.24) is 4.98 Å². The molecule has 0 saturated carbocycles. The molecule has 176 valence electrons. The monoisotopic (exact) mass is 453 g/mol. The van der Waals surface area contributed by atoms with Gasteiger partial charge in [0.2, 0.25) is 6.29 Å². The first kappa shape index (κ1) is 23.0. The molecule has 8 nitrogen and oxygen atoms in total. The molecule has 0 bridgehead atoms. The molecule has 4 rings (SSSR count). The van der Waals surface area contributed by atoms with Gasteiger partial charge in [0.05, 0.1) is 25.0 Å². The molecule has 2 fully saturated rings. The molecule has 3 heterocycles. The van der Waals surface area contributed by atoms with Gasteiger partial charge >= 0.3 is 5.97 Å². The van der Waals surface area contributed by atoms with Gasteiger partial charge in [-0.15, -0.1) is 0 Å². The molecule has 1 unspecified atom stereocenters. The van der Waals surface area contributed by atoms with E-state index in [0.717, 1.165) is 38.1 Å². The predicted octanol–water partition coefficient (Wildman–Crippen LogP) is 4.18. The number of esters is 1. The van der Waals surface area contributed by atoms with E-state index in [1.807, 2.05) is 12.1 Å². The van der Waals surface area contributed by atoms with Crippen molar-refractivity contribution in [2.24, 2.45) is 5.16 Å².